The van der Waals surface area contributed by atoms with Crippen molar-refractivity contribution < 1.29 is 4.74 Å². The Kier molecular flexibility index (Phi) is 5.06. The van der Waals surface area contributed by atoms with Gasteiger partial charge in [0.15, 0.2) is 0 Å². The zero-order valence-electron chi connectivity index (χ0n) is 8.93. The van der Waals surface area contributed by atoms with Gasteiger partial charge in [0.1, 0.15) is 5.75 Å². The van der Waals surface area contributed by atoms with E-state index in [9.17, 15) is 0 Å². The predicted octanol–water partition coefficient (Wildman–Crippen LogP) is 3.28. The number of nitrogens with one attached hydrogen (secondary N) is 1. The first-order chi connectivity index (χ1) is 7.26. The molecule has 80 valence electrons. The van der Waals surface area contributed by atoms with Crippen molar-refractivity contribution in [3.05, 3.63) is 22.7 Å². The minimum atomic E-state index is 0.841. The smallest absolute Gasteiger partial charge is 0.122 e. The van der Waals surface area contributed by atoms with Crippen molar-refractivity contribution in [2.75, 3.05) is 19.0 Å². The molecule has 1 aromatic carbocycles. The predicted molar refractivity (Wildman–Crippen MR) is 67.3 cm³/mol. The van der Waals surface area contributed by atoms with E-state index >= 15 is 0 Å². The van der Waals surface area contributed by atoms with E-state index < -0.39 is 0 Å². The Hall–Kier alpha value is -1.14. The van der Waals surface area contributed by atoms with Crippen LogP contribution in [0.15, 0.2) is 22.7 Å². The molecule has 0 spiro atoms. The molecule has 0 bridgehead atoms. The molecule has 0 amide bonds. The third-order valence-corrected chi connectivity index (χ3v) is 2.32. The molecule has 1 rings (SSSR count). The van der Waals surface area contributed by atoms with Crippen LogP contribution in [0.5, 0.6) is 5.75 Å². The second kappa shape index (κ2) is 6.36. The van der Waals surface area contributed by atoms with E-state index in [0.717, 1.165) is 28.9 Å². The van der Waals surface area contributed by atoms with Gasteiger partial charge in [-0.1, -0.05) is 15.9 Å². The average molecular weight is 268 g/mol. The molecule has 0 saturated heterocycles. The number of halogens is 1. The first-order valence-electron chi connectivity index (χ1n) is 4.74. The Morgan fingerprint density at radius 1 is 1.40 bits per heavy atom. The third kappa shape index (κ3) is 4.26. The van der Waals surface area contributed by atoms with Crippen LogP contribution in [-0.2, 0) is 0 Å². The maximum atomic E-state index is 5.17. The van der Waals surface area contributed by atoms with Crippen LogP contribution in [0.1, 0.15) is 13.3 Å². The fourth-order valence-corrected chi connectivity index (χ4v) is 1.65. The van der Waals surface area contributed by atoms with Crippen molar-refractivity contribution in [2.45, 2.75) is 13.3 Å². The molecule has 0 radical (unpaired) electrons. The number of hydrogen-bond acceptors (Lipinski definition) is 2. The summed E-state index contributed by atoms with van der Waals surface area (Å²) in [5, 5.41) is 3.28. The molecule has 0 aromatic heterocycles. The molecule has 0 aliphatic rings. The quantitative estimate of drug-likeness (QED) is 0.668. The molecule has 0 aliphatic heterocycles. The summed E-state index contributed by atoms with van der Waals surface area (Å²) < 4.78 is 6.17. The molecule has 0 unspecified atom stereocenters. The maximum absolute atomic E-state index is 5.17. The SMILES string of the molecule is CC#CCCNc1cc(Br)cc(OC)c1. The lowest BCUT2D eigenvalue weighted by Crippen LogP contribution is -2.00. The van der Waals surface area contributed by atoms with Crippen molar-refractivity contribution >= 4 is 21.6 Å². The summed E-state index contributed by atoms with van der Waals surface area (Å²) in [6.07, 6.45) is 0.853. The summed E-state index contributed by atoms with van der Waals surface area (Å²) in [5.74, 6) is 6.71. The number of rotatable bonds is 4. The van der Waals surface area contributed by atoms with Gasteiger partial charge in [-0.3, -0.25) is 0 Å². The Balaban J connectivity index is 2.59. The molecule has 0 aliphatic carbocycles. The van der Waals surface area contributed by atoms with E-state index in [-0.39, 0.29) is 0 Å². The lowest BCUT2D eigenvalue weighted by molar-refractivity contribution is 0.414. The molecule has 0 fully saturated rings. The average Bonchev–Trinajstić information content (AvgIpc) is 2.23. The molecule has 2 nitrogen and oxygen atoms in total. The molecule has 3 heteroatoms. The molecule has 1 aromatic rings. The van der Waals surface area contributed by atoms with Crippen molar-refractivity contribution in [1.82, 2.24) is 0 Å². The van der Waals surface area contributed by atoms with Crippen LogP contribution in [0, 0.1) is 11.8 Å². The zero-order valence-corrected chi connectivity index (χ0v) is 10.5. The Morgan fingerprint density at radius 2 is 2.20 bits per heavy atom. The summed E-state index contributed by atoms with van der Waals surface area (Å²) in [7, 11) is 1.66. The van der Waals surface area contributed by atoms with Gasteiger partial charge in [-0.2, -0.15) is 0 Å². The van der Waals surface area contributed by atoms with Crippen LogP contribution in [0.2, 0.25) is 0 Å². The summed E-state index contributed by atoms with van der Waals surface area (Å²) in [4.78, 5) is 0. The van der Waals surface area contributed by atoms with Crippen molar-refractivity contribution in [2.24, 2.45) is 0 Å². The molecular formula is C12H14BrNO. The number of hydrogen-bond donors (Lipinski definition) is 1. The summed E-state index contributed by atoms with van der Waals surface area (Å²) in [5.41, 5.74) is 1.04. The van der Waals surface area contributed by atoms with Crippen molar-refractivity contribution in [3.63, 3.8) is 0 Å². The molecule has 0 saturated carbocycles. The third-order valence-electron chi connectivity index (χ3n) is 1.86. The Labute approximate surface area is 99.2 Å². The van der Waals surface area contributed by atoms with Crippen molar-refractivity contribution in [1.29, 1.82) is 0 Å². The Morgan fingerprint density at radius 3 is 2.87 bits per heavy atom. The highest BCUT2D eigenvalue weighted by atomic mass is 79.9. The minimum Gasteiger partial charge on any atom is -0.497 e. The molecule has 0 atom stereocenters. The van der Waals surface area contributed by atoms with Gasteiger partial charge in [-0.05, 0) is 19.1 Å². The molecule has 15 heavy (non-hydrogen) atoms. The van der Waals surface area contributed by atoms with Gasteiger partial charge in [0.05, 0.1) is 7.11 Å². The van der Waals surface area contributed by atoms with Gasteiger partial charge >= 0.3 is 0 Å². The van der Waals surface area contributed by atoms with Crippen LogP contribution < -0.4 is 10.1 Å². The Bertz CT molecular complexity index is 379. The number of ether oxygens (including phenoxy) is 1. The van der Waals surface area contributed by atoms with Gasteiger partial charge in [-0.15, -0.1) is 11.8 Å². The van der Waals surface area contributed by atoms with E-state index in [0.29, 0.717) is 0 Å². The van der Waals surface area contributed by atoms with E-state index in [2.05, 4.69) is 33.1 Å². The maximum Gasteiger partial charge on any atom is 0.122 e. The molecule has 0 heterocycles. The first-order valence-corrected chi connectivity index (χ1v) is 5.53. The van der Waals surface area contributed by atoms with Crippen LogP contribution in [0.4, 0.5) is 5.69 Å². The fraction of sp³-hybridized carbons (Fsp3) is 0.333. The summed E-state index contributed by atoms with van der Waals surface area (Å²) in [6.45, 7) is 2.70. The number of methoxy groups -OCH3 is 1. The largest absolute Gasteiger partial charge is 0.497 e. The zero-order chi connectivity index (χ0) is 11.1. The lowest BCUT2D eigenvalue weighted by Gasteiger charge is -2.07. The molecule has 1 N–H and O–H groups in total. The van der Waals surface area contributed by atoms with Gasteiger partial charge in [0.25, 0.3) is 0 Å². The topological polar surface area (TPSA) is 21.3 Å². The van der Waals surface area contributed by atoms with E-state index in [1.807, 2.05) is 25.1 Å². The highest BCUT2D eigenvalue weighted by molar-refractivity contribution is 9.10. The number of benzene rings is 1. The van der Waals surface area contributed by atoms with Crippen molar-refractivity contribution in [3.8, 4) is 17.6 Å². The normalized spacial score (nSPS) is 9.00. The standard InChI is InChI=1S/C12H14BrNO/c1-3-4-5-6-14-11-7-10(13)8-12(9-11)15-2/h7-9,14H,5-6H2,1-2H3. The van der Waals surface area contributed by atoms with Gasteiger partial charge in [-0.25, -0.2) is 0 Å². The highest BCUT2D eigenvalue weighted by Gasteiger charge is 1.98. The van der Waals surface area contributed by atoms with Gasteiger partial charge in [0.2, 0.25) is 0 Å². The van der Waals surface area contributed by atoms with Crippen LogP contribution >= 0.6 is 15.9 Å². The summed E-state index contributed by atoms with van der Waals surface area (Å²) >= 11 is 3.43. The van der Waals surface area contributed by atoms with E-state index in [1.54, 1.807) is 7.11 Å². The first kappa shape index (κ1) is 11.9. The van der Waals surface area contributed by atoms with Crippen LogP contribution in [-0.4, -0.2) is 13.7 Å². The molecular weight excluding hydrogens is 254 g/mol. The van der Waals surface area contributed by atoms with Crippen LogP contribution in [0.25, 0.3) is 0 Å². The van der Waals surface area contributed by atoms with Crippen LogP contribution in [0.3, 0.4) is 0 Å². The second-order valence-electron chi connectivity index (χ2n) is 2.98. The summed E-state index contributed by atoms with van der Waals surface area (Å²) in [6, 6.07) is 5.91. The fourth-order valence-electron chi connectivity index (χ4n) is 1.18. The highest BCUT2D eigenvalue weighted by Crippen LogP contribution is 2.24. The second-order valence-corrected chi connectivity index (χ2v) is 3.90. The minimum absolute atomic E-state index is 0.841. The van der Waals surface area contributed by atoms with Gasteiger partial charge < -0.3 is 10.1 Å². The van der Waals surface area contributed by atoms with Gasteiger partial charge in [0, 0.05) is 29.2 Å². The lowest BCUT2D eigenvalue weighted by atomic mass is 10.3. The van der Waals surface area contributed by atoms with E-state index in [4.69, 9.17) is 4.74 Å². The van der Waals surface area contributed by atoms with E-state index in [1.165, 1.54) is 0 Å². The monoisotopic (exact) mass is 267 g/mol. The number of anilines is 1.